The van der Waals surface area contributed by atoms with Crippen molar-refractivity contribution in [1.29, 1.82) is 0 Å². The molecule has 11 nitrogen and oxygen atoms in total. The first kappa shape index (κ1) is 26.5. The van der Waals surface area contributed by atoms with E-state index in [4.69, 9.17) is 10.2 Å². The number of amides is 2. The van der Waals surface area contributed by atoms with Gasteiger partial charge in [-0.2, -0.15) is 0 Å². The van der Waals surface area contributed by atoms with Crippen LogP contribution in [0.3, 0.4) is 0 Å². The Hall–Kier alpha value is -3.14. The zero-order valence-corrected chi connectivity index (χ0v) is 20.4. The number of nitrogens with zero attached hydrogens (tertiary/aromatic N) is 1. The quantitative estimate of drug-likeness (QED) is 0.293. The van der Waals surface area contributed by atoms with E-state index in [0.29, 0.717) is 10.3 Å². The average molecular weight is 545 g/mol. The number of hydrogen-bond donors (Lipinski definition) is 4. The number of nitrogens with two attached hydrogens (primary N) is 1. The highest BCUT2D eigenvalue weighted by atomic mass is 32.2. The second-order valence-corrected chi connectivity index (χ2v) is 12.4. The molecule has 35 heavy (non-hydrogen) atoms. The lowest BCUT2D eigenvalue weighted by Gasteiger charge is -2.15. The number of aromatic nitrogens is 1. The van der Waals surface area contributed by atoms with Crippen LogP contribution in [-0.4, -0.2) is 63.5 Å². The summed E-state index contributed by atoms with van der Waals surface area (Å²) >= 11 is 0.859. The molecule has 0 saturated carbocycles. The van der Waals surface area contributed by atoms with Crippen LogP contribution < -0.4 is 15.8 Å². The smallest absolute Gasteiger partial charge is 0.404 e. The van der Waals surface area contributed by atoms with E-state index in [2.05, 4.69) is 10.3 Å². The van der Waals surface area contributed by atoms with E-state index in [0.717, 1.165) is 17.4 Å². The van der Waals surface area contributed by atoms with Gasteiger partial charge in [0.2, 0.25) is 15.9 Å². The number of halogens is 1. The third-order valence-corrected chi connectivity index (χ3v) is 8.68. The molecule has 2 aromatic carbocycles. The van der Waals surface area contributed by atoms with Gasteiger partial charge >= 0.3 is 6.09 Å². The van der Waals surface area contributed by atoms with Crippen LogP contribution in [0.4, 0.5) is 9.18 Å². The van der Waals surface area contributed by atoms with Crippen molar-refractivity contribution in [2.24, 2.45) is 5.14 Å². The summed E-state index contributed by atoms with van der Waals surface area (Å²) < 4.78 is 63.5. The number of thiazole rings is 1. The number of nitrogens with one attached hydrogen (secondary N) is 2. The van der Waals surface area contributed by atoms with Gasteiger partial charge in [-0.25, -0.2) is 36.1 Å². The van der Waals surface area contributed by atoms with Crippen molar-refractivity contribution < 1.29 is 35.9 Å². The maximum Gasteiger partial charge on any atom is 0.404 e. The predicted octanol–water partition coefficient (Wildman–Crippen LogP) is 1.23. The molecule has 0 aliphatic heterocycles. The van der Waals surface area contributed by atoms with Crippen LogP contribution in [0.2, 0.25) is 0 Å². The molecule has 5 N–H and O–H groups in total. The first-order valence-electron chi connectivity index (χ1n) is 9.99. The summed E-state index contributed by atoms with van der Waals surface area (Å²) in [5.74, 6) is -3.01. The molecular weight excluding hydrogens is 523 g/mol. The van der Waals surface area contributed by atoms with Gasteiger partial charge in [0.15, 0.2) is 15.1 Å². The molecule has 3 aromatic rings. The first-order chi connectivity index (χ1) is 16.4. The number of carbonyl (C=O) groups excluding carboxylic acids is 1. The molecule has 0 fully saturated rings. The number of benzene rings is 2. The Morgan fingerprint density at radius 3 is 2.34 bits per heavy atom. The maximum atomic E-state index is 14.8. The van der Waals surface area contributed by atoms with Gasteiger partial charge in [-0.1, -0.05) is 30.3 Å². The Morgan fingerprint density at radius 2 is 1.71 bits per heavy atom. The van der Waals surface area contributed by atoms with Gasteiger partial charge in [0, 0.05) is 24.7 Å². The molecule has 0 bridgehead atoms. The number of rotatable bonds is 10. The number of carbonyl (C=O) groups is 2. The summed E-state index contributed by atoms with van der Waals surface area (Å²) in [5.41, 5.74) is 0.978. The fraction of sp³-hybridized carbons (Fsp3) is 0.250. The van der Waals surface area contributed by atoms with Crippen LogP contribution in [0.25, 0.3) is 21.3 Å². The molecule has 0 spiro atoms. The van der Waals surface area contributed by atoms with Crippen LogP contribution in [0.15, 0.2) is 42.5 Å². The zero-order chi connectivity index (χ0) is 25.8. The van der Waals surface area contributed by atoms with Crippen molar-refractivity contribution in [1.82, 2.24) is 15.6 Å². The highest BCUT2D eigenvalue weighted by Crippen LogP contribution is 2.35. The molecule has 3 rings (SSSR count). The second-order valence-electron chi connectivity index (χ2n) is 7.35. The number of primary sulfonamides is 1. The highest BCUT2D eigenvalue weighted by Gasteiger charge is 2.37. The molecule has 1 atom stereocenters. The summed E-state index contributed by atoms with van der Waals surface area (Å²) in [7, 11) is -8.24. The molecule has 15 heteroatoms. The van der Waals surface area contributed by atoms with Gasteiger partial charge in [0.25, 0.3) is 0 Å². The minimum absolute atomic E-state index is 0.128. The maximum absolute atomic E-state index is 14.8. The fourth-order valence-electron chi connectivity index (χ4n) is 3.17. The molecule has 188 valence electrons. The minimum Gasteiger partial charge on any atom is -0.465 e. The standard InChI is InChI=1S/C20H21FN4O7S3/c21-14-11-15-16(10-13(14)12-4-2-1-3-5-12)33-19(25-15)17(18(26)23-7-9-35(22,31)32)34(29,30)8-6-24-20(27)28/h1-5,10-11,17,24H,6-9H2,(H,23,26)(H,27,28)(H2,22,31,32). The fourth-order valence-corrected chi connectivity index (χ4v) is 6.51. The number of sulfonamides is 1. The van der Waals surface area contributed by atoms with Gasteiger partial charge in [-0.15, -0.1) is 11.3 Å². The lowest BCUT2D eigenvalue weighted by Crippen LogP contribution is -2.39. The molecule has 0 aliphatic carbocycles. The molecule has 2 amide bonds. The van der Waals surface area contributed by atoms with Gasteiger partial charge < -0.3 is 15.7 Å². The van der Waals surface area contributed by atoms with E-state index in [9.17, 15) is 30.8 Å². The number of sulfone groups is 1. The van der Waals surface area contributed by atoms with E-state index in [-0.39, 0.29) is 16.1 Å². The molecule has 0 saturated heterocycles. The summed E-state index contributed by atoms with van der Waals surface area (Å²) in [4.78, 5) is 27.7. The van der Waals surface area contributed by atoms with Gasteiger partial charge in [0.05, 0.1) is 21.7 Å². The normalized spacial score (nSPS) is 12.9. The third-order valence-electron chi connectivity index (χ3n) is 4.75. The Kier molecular flexibility index (Phi) is 8.04. The second kappa shape index (κ2) is 10.6. The summed E-state index contributed by atoms with van der Waals surface area (Å²) in [5, 5.41) is 15.7. The Bertz CT molecular complexity index is 1460. The van der Waals surface area contributed by atoms with Crippen molar-refractivity contribution >= 4 is 53.4 Å². The van der Waals surface area contributed by atoms with Crippen molar-refractivity contribution in [2.75, 3.05) is 24.6 Å². The average Bonchev–Trinajstić information content (AvgIpc) is 3.14. The van der Waals surface area contributed by atoms with E-state index >= 15 is 0 Å². The van der Waals surface area contributed by atoms with Crippen molar-refractivity contribution in [3.05, 3.63) is 53.3 Å². The Morgan fingerprint density at radius 1 is 1.06 bits per heavy atom. The molecule has 1 unspecified atom stereocenters. The van der Waals surface area contributed by atoms with Crippen molar-refractivity contribution in [3.63, 3.8) is 0 Å². The van der Waals surface area contributed by atoms with Crippen LogP contribution >= 0.6 is 11.3 Å². The molecular formula is C20H21FN4O7S3. The SMILES string of the molecule is NS(=O)(=O)CCNC(=O)C(c1nc2cc(F)c(-c3ccccc3)cc2s1)S(=O)(=O)CCNC(=O)O. The van der Waals surface area contributed by atoms with E-state index in [1.807, 2.05) is 5.32 Å². The Balaban J connectivity index is 2.00. The molecule has 1 aromatic heterocycles. The minimum atomic E-state index is -4.32. The number of fused-ring (bicyclic) bond motifs is 1. The van der Waals surface area contributed by atoms with Gasteiger partial charge in [-0.05, 0) is 11.6 Å². The summed E-state index contributed by atoms with van der Waals surface area (Å²) in [6.45, 7) is -0.939. The largest absolute Gasteiger partial charge is 0.465 e. The van der Waals surface area contributed by atoms with E-state index in [1.165, 1.54) is 6.07 Å². The summed E-state index contributed by atoms with van der Waals surface area (Å²) in [6.07, 6.45) is -1.45. The number of carboxylic acid groups (broad SMARTS) is 1. The third kappa shape index (κ3) is 6.94. The predicted molar refractivity (Wildman–Crippen MR) is 129 cm³/mol. The van der Waals surface area contributed by atoms with Crippen LogP contribution in [0.1, 0.15) is 10.3 Å². The van der Waals surface area contributed by atoms with Crippen LogP contribution in [-0.2, 0) is 24.7 Å². The topological polar surface area (TPSA) is 186 Å². The summed E-state index contributed by atoms with van der Waals surface area (Å²) in [6, 6.07) is 11.3. The molecule has 0 aliphatic rings. The van der Waals surface area contributed by atoms with Gasteiger partial charge in [0.1, 0.15) is 10.8 Å². The number of hydrogen-bond acceptors (Lipinski definition) is 8. The highest BCUT2D eigenvalue weighted by molar-refractivity contribution is 7.92. The lowest BCUT2D eigenvalue weighted by atomic mass is 10.1. The van der Waals surface area contributed by atoms with Crippen LogP contribution in [0, 0.1) is 5.82 Å². The first-order valence-corrected chi connectivity index (χ1v) is 14.2. The molecule has 0 radical (unpaired) electrons. The van der Waals surface area contributed by atoms with E-state index in [1.54, 1.807) is 30.3 Å². The monoisotopic (exact) mass is 544 g/mol. The Labute approximate surface area is 204 Å². The molecule has 1 heterocycles. The van der Waals surface area contributed by atoms with Crippen molar-refractivity contribution in [3.8, 4) is 11.1 Å². The zero-order valence-electron chi connectivity index (χ0n) is 18.0. The lowest BCUT2D eigenvalue weighted by molar-refractivity contribution is -0.120. The van der Waals surface area contributed by atoms with Gasteiger partial charge in [-0.3, -0.25) is 4.79 Å². The van der Waals surface area contributed by atoms with E-state index < -0.39 is 67.5 Å². The van der Waals surface area contributed by atoms with Crippen molar-refractivity contribution in [2.45, 2.75) is 5.25 Å². The van der Waals surface area contributed by atoms with Crippen LogP contribution in [0.5, 0.6) is 0 Å².